The Kier molecular flexibility index (Phi) is 3.84. The molecule has 1 aliphatic heterocycles. The summed E-state index contributed by atoms with van der Waals surface area (Å²) in [5, 5.41) is 4.76. The number of amides is 1. The zero-order valence-electron chi connectivity index (χ0n) is 11.6. The molecule has 3 rings (SSSR count). The highest BCUT2D eigenvalue weighted by atomic mass is 35.5. The summed E-state index contributed by atoms with van der Waals surface area (Å²) >= 11 is 6.05. The monoisotopic (exact) mass is 304 g/mol. The predicted molar refractivity (Wildman–Crippen MR) is 81.8 cm³/mol. The van der Waals surface area contributed by atoms with Gasteiger partial charge in [-0.15, -0.1) is 0 Å². The average molecular weight is 305 g/mol. The van der Waals surface area contributed by atoms with Gasteiger partial charge in [-0.05, 0) is 36.6 Å². The fourth-order valence-corrected chi connectivity index (χ4v) is 3.02. The maximum Gasteiger partial charge on any atom is 0.244 e. The molecule has 1 aromatic heterocycles. The molecule has 2 N–H and O–H groups in total. The number of halogens is 1. The lowest BCUT2D eigenvalue weighted by Crippen LogP contribution is -2.33. The second-order valence-corrected chi connectivity index (χ2v) is 5.67. The molecule has 1 saturated heterocycles. The third-order valence-electron chi connectivity index (χ3n) is 3.77. The number of nitrogens with two attached hydrogens (primary N) is 1. The molecule has 2 heterocycles. The largest absolute Gasteiger partial charge is 0.382 e. The Balaban J connectivity index is 1.75. The Morgan fingerprint density at radius 3 is 3.00 bits per heavy atom. The summed E-state index contributed by atoms with van der Waals surface area (Å²) in [5.41, 5.74) is 6.66. The molecule has 5 nitrogen and oxygen atoms in total. The summed E-state index contributed by atoms with van der Waals surface area (Å²) in [4.78, 5) is 14.4. The number of likely N-dealkylation sites (tertiary alicyclic amines) is 1. The second-order valence-electron chi connectivity index (χ2n) is 5.24. The minimum atomic E-state index is 0.0561. The molecule has 0 saturated carbocycles. The van der Waals surface area contributed by atoms with Crippen LogP contribution in [0.4, 0.5) is 5.82 Å². The van der Waals surface area contributed by atoms with Gasteiger partial charge in [-0.2, -0.15) is 5.10 Å². The summed E-state index contributed by atoms with van der Waals surface area (Å²) in [5.74, 6) is 0.483. The summed E-state index contributed by atoms with van der Waals surface area (Å²) in [6.07, 6.45) is 3.69. The first-order valence-corrected chi connectivity index (χ1v) is 7.35. The molecule has 0 aliphatic carbocycles. The van der Waals surface area contributed by atoms with Crippen LogP contribution in [-0.2, 0) is 11.3 Å². The molecule has 1 atom stereocenters. The van der Waals surface area contributed by atoms with Gasteiger partial charge in [0.05, 0.1) is 6.04 Å². The average Bonchev–Trinajstić information content (AvgIpc) is 3.07. The minimum Gasteiger partial charge on any atom is -0.382 e. The first kappa shape index (κ1) is 13.9. The highest BCUT2D eigenvalue weighted by Gasteiger charge is 2.30. The van der Waals surface area contributed by atoms with E-state index >= 15 is 0 Å². The zero-order chi connectivity index (χ0) is 14.8. The summed E-state index contributed by atoms with van der Waals surface area (Å²) in [6.45, 7) is 0.987. The van der Waals surface area contributed by atoms with E-state index in [2.05, 4.69) is 5.10 Å². The lowest BCUT2D eigenvalue weighted by atomic mass is 10.0. The van der Waals surface area contributed by atoms with Crippen molar-refractivity contribution in [1.82, 2.24) is 14.7 Å². The molecule has 6 heteroatoms. The van der Waals surface area contributed by atoms with Gasteiger partial charge in [-0.1, -0.05) is 23.7 Å². The molecule has 0 bridgehead atoms. The minimum absolute atomic E-state index is 0.0561. The SMILES string of the molecule is Nc1ccn(CC(=O)N2CCCC2c2cccc(Cl)c2)n1. The van der Waals surface area contributed by atoms with E-state index in [9.17, 15) is 4.79 Å². The van der Waals surface area contributed by atoms with Gasteiger partial charge in [0.25, 0.3) is 0 Å². The standard InChI is InChI=1S/C15H17ClN4O/c16-12-4-1-3-11(9-12)13-5-2-7-20(13)15(21)10-19-8-6-14(17)18-19/h1,3-4,6,8-9,13H,2,5,7,10H2,(H2,17,18). The van der Waals surface area contributed by atoms with Crippen LogP contribution in [-0.4, -0.2) is 27.1 Å². The van der Waals surface area contributed by atoms with Gasteiger partial charge in [0.15, 0.2) is 0 Å². The Hall–Kier alpha value is -2.01. The highest BCUT2D eigenvalue weighted by molar-refractivity contribution is 6.30. The van der Waals surface area contributed by atoms with E-state index < -0.39 is 0 Å². The second kappa shape index (κ2) is 5.77. The fraction of sp³-hybridized carbons (Fsp3) is 0.333. The van der Waals surface area contributed by atoms with E-state index in [0.29, 0.717) is 10.8 Å². The van der Waals surface area contributed by atoms with Crippen LogP contribution in [0.15, 0.2) is 36.5 Å². The Labute approximate surface area is 128 Å². The van der Waals surface area contributed by atoms with E-state index in [-0.39, 0.29) is 18.5 Å². The van der Waals surface area contributed by atoms with Gasteiger partial charge in [0, 0.05) is 17.8 Å². The molecule has 0 spiro atoms. The van der Waals surface area contributed by atoms with Crippen LogP contribution in [0, 0.1) is 0 Å². The molecule has 0 radical (unpaired) electrons. The van der Waals surface area contributed by atoms with Crippen LogP contribution in [0.3, 0.4) is 0 Å². The van der Waals surface area contributed by atoms with E-state index in [1.54, 1.807) is 16.9 Å². The molecule has 1 fully saturated rings. The zero-order valence-corrected chi connectivity index (χ0v) is 12.3. The first-order chi connectivity index (χ1) is 10.1. The Morgan fingerprint density at radius 2 is 2.29 bits per heavy atom. The molecule has 1 aromatic carbocycles. The number of anilines is 1. The summed E-state index contributed by atoms with van der Waals surface area (Å²) < 4.78 is 1.57. The van der Waals surface area contributed by atoms with Crippen LogP contribution in [0.25, 0.3) is 0 Å². The quantitative estimate of drug-likeness (QED) is 0.947. The van der Waals surface area contributed by atoms with E-state index in [4.69, 9.17) is 17.3 Å². The normalized spacial score (nSPS) is 18.1. The van der Waals surface area contributed by atoms with Crippen molar-refractivity contribution in [2.24, 2.45) is 0 Å². The van der Waals surface area contributed by atoms with Crippen molar-refractivity contribution < 1.29 is 4.79 Å². The van der Waals surface area contributed by atoms with Crippen molar-refractivity contribution in [2.75, 3.05) is 12.3 Å². The number of hydrogen-bond donors (Lipinski definition) is 1. The van der Waals surface area contributed by atoms with Gasteiger partial charge in [0.1, 0.15) is 12.4 Å². The van der Waals surface area contributed by atoms with Crippen molar-refractivity contribution in [3.8, 4) is 0 Å². The Morgan fingerprint density at radius 1 is 1.43 bits per heavy atom. The smallest absolute Gasteiger partial charge is 0.244 e. The van der Waals surface area contributed by atoms with Crippen LogP contribution < -0.4 is 5.73 Å². The lowest BCUT2D eigenvalue weighted by Gasteiger charge is -2.25. The highest BCUT2D eigenvalue weighted by Crippen LogP contribution is 2.33. The van der Waals surface area contributed by atoms with E-state index in [1.807, 2.05) is 29.2 Å². The van der Waals surface area contributed by atoms with Crippen molar-refractivity contribution in [1.29, 1.82) is 0 Å². The van der Waals surface area contributed by atoms with E-state index in [0.717, 1.165) is 24.9 Å². The van der Waals surface area contributed by atoms with Gasteiger partial charge in [-0.3, -0.25) is 9.48 Å². The van der Waals surface area contributed by atoms with Crippen LogP contribution in [0.2, 0.25) is 5.02 Å². The third-order valence-corrected chi connectivity index (χ3v) is 4.00. The third kappa shape index (κ3) is 3.03. The van der Waals surface area contributed by atoms with Gasteiger partial charge >= 0.3 is 0 Å². The first-order valence-electron chi connectivity index (χ1n) is 6.97. The fourth-order valence-electron chi connectivity index (χ4n) is 2.82. The predicted octanol–water partition coefficient (Wildman–Crippen LogP) is 2.48. The van der Waals surface area contributed by atoms with Crippen LogP contribution in [0.5, 0.6) is 0 Å². The van der Waals surface area contributed by atoms with Crippen molar-refractivity contribution in [3.63, 3.8) is 0 Å². The molecule has 2 aromatic rings. The van der Waals surface area contributed by atoms with E-state index in [1.165, 1.54) is 0 Å². The lowest BCUT2D eigenvalue weighted by molar-refractivity contribution is -0.133. The molecular weight excluding hydrogens is 288 g/mol. The van der Waals surface area contributed by atoms with Gasteiger partial charge in [0.2, 0.25) is 5.91 Å². The van der Waals surface area contributed by atoms with Crippen molar-refractivity contribution >= 4 is 23.3 Å². The topological polar surface area (TPSA) is 64.2 Å². The maximum absolute atomic E-state index is 12.5. The number of carbonyl (C=O) groups excluding carboxylic acids is 1. The summed E-state index contributed by atoms with van der Waals surface area (Å²) in [6, 6.07) is 9.51. The van der Waals surface area contributed by atoms with Crippen molar-refractivity contribution in [3.05, 3.63) is 47.1 Å². The number of hydrogen-bond acceptors (Lipinski definition) is 3. The number of nitrogens with zero attached hydrogens (tertiary/aromatic N) is 3. The van der Waals surface area contributed by atoms with Crippen molar-refractivity contribution in [2.45, 2.75) is 25.4 Å². The molecule has 1 unspecified atom stereocenters. The molecule has 110 valence electrons. The van der Waals surface area contributed by atoms with Crippen LogP contribution in [0.1, 0.15) is 24.4 Å². The maximum atomic E-state index is 12.5. The molecule has 21 heavy (non-hydrogen) atoms. The van der Waals surface area contributed by atoms with Gasteiger partial charge in [-0.25, -0.2) is 0 Å². The number of benzene rings is 1. The molecule has 1 aliphatic rings. The summed E-state index contributed by atoms with van der Waals surface area (Å²) in [7, 11) is 0. The Bertz CT molecular complexity index is 655. The number of nitrogen functional groups attached to an aromatic ring is 1. The molecule has 1 amide bonds. The van der Waals surface area contributed by atoms with Gasteiger partial charge < -0.3 is 10.6 Å². The molecular formula is C15H17ClN4O. The number of aromatic nitrogens is 2. The number of rotatable bonds is 3. The van der Waals surface area contributed by atoms with Crippen LogP contribution >= 0.6 is 11.6 Å². The number of carbonyl (C=O) groups is 1.